The van der Waals surface area contributed by atoms with Crippen LogP contribution in [0.3, 0.4) is 0 Å². The Bertz CT molecular complexity index is 405. The van der Waals surface area contributed by atoms with E-state index in [1.165, 1.54) is 62.9 Å². The van der Waals surface area contributed by atoms with Gasteiger partial charge in [-0.1, -0.05) is 75.5 Å². The third kappa shape index (κ3) is 14.4. The van der Waals surface area contributed by atoms with Gasteiger partial charge in [-0.05, 0) is 42.9 Å². The third-order valence-corrected chi connectivity index (χ3v) is 4.79. The third-order valence-electron chi connectivity index (χ3n) is 3.64. The number of hydrogen-bond donors (Lipinski definition) is 1. The Morgan fingerprint density at radius 1 is 0.783 bits per heavy atom. The van der Waals surface area contributed by atoms with Crippen molar-refractivity contribution in [1.82, 2.24) is 6.15 Å². The van der Waals surface area contributed by atoms with E-state index in [9.17, 15) is 0 Å². The topological polar surface area (TPSA) is 35.0 Å². The lowest BCUT2D eigenvalue weighted by Gasteiger charge is -2.01. The fraction of sp³-hybridized carbons (Fsp3) is 0.571. The predicted molar refractivity (Wildman–Crippen MR) is 107 cm³/mol. The van der Waals surface area contributed by atoms with E-state index < -0.39 is 0 Å². The van der Waals surface area contributed by atoms with Crippen molar-refractivity contribution in [3.05, 3.63) is 42.8 Å². The van der Waals surface area contributed by atoms with Gasteiger partial charge in [-0.3, -0.25) is 0 Å². The molecule has 0 saturated carbocycles. The van der Waals surface area contributed by atoms with E-state index in [2.05, 4.69) is 42.7 Å². The Labute approximate surface area is 148 Å². The van der Waals surface area contributed by atoms with E-state index in [1.54, 1.807) is 0 Å². The lowest BCUT2D eigenvalue weighted by molar-refractivity contribution is 0.580. The molecule has 0 amide bonds. The minimum absolute atomic E-state index is 0. The molecule has 3 N–H and O–H groups in total. The van der Waals surface area contributed by atoms with Crippen LogP contribution in [-0.2, 0) is 0 Å². The van der Waals surface area contributed by atoms with Crippen LogP contribution in [0.2, 0.25) is 0 Å². The van der Waals surface area contributed by atoms with Crippen LogP contribution in [-0.4, -0.2) is 11.5 Å². The molecule has 0 aromatic heterocycles. The van der Waals surface area contributed by atoms with E-state index in [0.717, 1.165) is 18.4 Å². The molecule has 0 aliphatic heterocycles. The number of unbranched alkanes of at least 4 members (excludes halogenated alkanes) is 8. The van der Waals surface area contributed by atoms with Gasteiger partial charge in [-0.25, -0.2) is 0 Å². The van der Waals surface area contributed by atoms with Crippen molar-refractivity contribution in [2.24, 2.45) is 0 Å². The van der Waals surface area contributed by atoms with Crippen LogP contribution in [0.4, 0.5) is 0 Å². The molecule has 0 fully saturated rings. The van der Waals surface area contributed by atoms with Gasteiger partial charge in [0.15, 0.2) is 0 Å². The van der Waals surface area contributed by atoms with Crippen molar-refractivity contribution in [1.29, 1.82) is 0 Å². The highest BCUT2D eigenvalue weighted by atomic mass is 32.2. The molecule has 1 nitrogen and oxygen atoms in total. The largest absolute Gasteiger partial charge is 0.344 e. The van der Waals surface area contributed by atoms with Crippen molar-refractivity contribution in [2.75, 3.05) is 11.5 Å². The fourth-order valence-electron chi connectivity index (χ4n) is 2.37. The van der Waals surface area contributed by atoms with Crippen LogP contribution < -0.4 is 6.15 Å². The smallest absolute Gasteiger partial charge is 0.0245 e. The van der Waals surface area contributed by atoms with Crippen LogP contribution in [0.1, 0.15) is 69.8 Å². The highest BCUT2D eigenvalue weighted by Crippen LogP contribution is 2.12. The molecule has 1 aromatic carbocycles. The first-order valence-corrected chi connectivity index (χ1v) is 10.00. The second-order valence-corrected chi connectivity index (χ2v) is 6.94. The molecule has 0 saturated heterocycles. The summed E-state index contributed by atoms with van der Waals surface area (Å²) in [6, 6.07) is 10.3. The van der Waals surface area contributed by atoms with Crippen LogP contribution in [0, 0.1) is 18.8 Å². The number of thioether (sulfide) groups is 1. The van der Waals surface area contributed by atoms with Gasteiger partial charge in [0.1, 0.15) is 0 Å². The zero-order valence-electron chi connectivity index (χ0n) is 14.7. The standard InChI is InChI=1S/C21H31S.H3N/c1-2-19-22-20-15-10-8-6-4-3-5-7-9-12-16-21-17-13-11-14-18-21;/h11,13-14,17-18H,1-10,15,19-20H2;1H3. The van der Waals surface area contributed by atoms with Gasteiger partial charge in [0.2, 0.25) is 0 Å². The molecule has 1 radical (unpaired) electrons. The number of hydrogen-bond acceptors (Lipinski definition) is 2. The van der Waals surface area contributed by atoms with Gasteiger partial charge < -0.3 is 6.15 Å². The highest BCUT2D eigenvalue weighted by molar-refractivity contribution is 7.99. The highest BCUT2D eigenvalue weighted by Gasteiger charge is 1.93. The maximum Gasteiger partial charge on any atom is 0.0245 e. The molecular formula is C21H34NS. The van der Waals surface area contributed by atoms with Crippen LogP contribution in [0.15, 0.2) is 30.3 Å². The molecule has 129 valence electrons. The molecule has 0 unspecified atom stereocenters. The zero-order valence-corrected chi connectivity index (χ0v) is 15.5. The molecule has 0 spiro atoms. The lowest BCUT2D eigenvalue weighted by Crippen LogP contribution is -1.85. The molecule has 23 heavy (non-hydrogen) atoms. The van der Waals surface area contributed by atoms with Crippen molar-refractivity contribution in [3.8, 4) is 11.8 Å². The zero-order chi connectivity index (χ0) is 15.7. The summed E-state index contributed by atoms with van der Waals surface area (Å²) in [5, 5.41) is 0. The molecule has 0 bridgehead atoms. The predicted octanol–water partition coefficient (Wildman–Crippen LogP) is 6.67. The van der Waals surface area contributed by atoms with Gasteiger partial charge in [-0.2, -0.15) is 11.8 Å². The molecule has 0 aliphatic carbocycles. The summed E-state index contributed by atoms with van der Waals surface area (Å²) in [6.07, 6.45) is 13.1. The molecule has 0 aliphatic rings. The van der Waals surface area contributed by atoms with Gasteiger partial charge >= 0.3 is 0 Å². The maximum atomic E-state index is 3.87. The average molecular weight is 333 g/mol. The molecular weight excluding hydrogens is 298 g/mol. The van der Waals surface area contributed by atoms with E-state index >= 15 is 0 Å². The summed E-state index contributed by atoms with van der Waals surface area (Å²) in [5.41, 5.74) is 1.14. The van der Waals surface area contributed by atoms with Gasteiger partial charge in [0.05, 0.1) is 0 Å². The minimum atomic E-state index is 0. The van der Waals surface area contributed by atoms with Gasteiger partial charge in [0, 0.05) is 12.0 Å². The Morgan fingerprint density at radius 2 is 1.39 bits per heavy atom. The van der Waals surface area contributed by atoms with Gasteiger partial charge in [-0.15, -0.1) is 0 Å². The molecule has 0 heterocycles. The van der Waals surface area contributed by atoms with Crippen molar-refractivity contribution in [2.45, 2.75) is 64.2 Å². The Kier molecular flexibility index (Phi) is 16.8. The first kappa shape index (κ1) is 22.1. The van der Waals surface area contributed by atoms with Gasteiger partial charge in [0.25, 0.3) is 0 Å². The van der Waals surface area contributed by atoms with E-state index in [1.807, 2.05) is 18.2 Å². The summed E-state index contributed by atoms with van der Waals surface area (Å²) in [6.45, 7) is 3.87. The monoisotopic (exact) mass is 332 g/mol. The normalized spacial score (nSPS) is 9.78. The summed E-state index contributed by atoms with van der Waals surface area (Å²) in [7, 11) is 0. The Morgan fingerprint density at radius 3 is 2.04 bits per heavy atom. The molecule has 0 atom stereocenters. The Balaban J connectivity index is 0.00000484. The fourth-order valence-corrected chi connectivity index (χ4v) is 3.18. The van der Waals surface area contributed by atoms with Crippen LogP contribution in [0.25, 0.3) is 0 Å². The summed E-state index contributed by atoms with van der Waals surface area (Å²) in [4.78, 5) is 0. The second kappa shape index (κ2) is 17.4. The Hall–Kier alpha value is -0.910. The van der Waals surface area contributed by atoms with Crippen LogP contribution in [0.5, 0.6) is 0 Å². The van der Waals surface area contributed by atoms with Crippen LogP contribution >= 0.6 is 11.8 Å². The number of benzene rings is 1. The molecule has 1 rings (SSSR count). The summed E-state index contributed by atoms with van der Waals surface area (Å²) in [5.74, 6) is 9.07. The molecule has 2 heteroatoms. The molecule has 1 aromatic rings. The van der Waals surface area contributed by atoms with E-state index in [4.69, 9.17) is 0 Å². The first-order valence-electron chi connectivity index (χ1n) is 8.84. The SMILES string of the molecule is N.[CH2]CCSCCCCCCCCCCC#Cc1ccccc1. The van der Waals surface area contributed by atoms with Crippen molar-refractivity contribution in [3.63, 3.8) is 0 Å². The number of rotatable bonds is 12. The van der Waals surface area contributed by atoms with Crippen molar-refractivity contribution < 1.29 is 0 Å². The van der Waals surface area contributed by atoms with Crippen molar-refractivity contribution >= 4 is 11.8 Å². The quantitative estimate of drug-likeness (QED) is 0.343. The first-order chi connectivity index (χ1) is 10.9. The summed E-state index contributed by atoms with van der Waals surface area (Å²) >= 11 is 2.06. The van der Waals surface area contributed by atoms with E-state index in [-0.39, 0.29) is 6.15 Å². The maximum absolute atomic E-state index is 3.87. The average Bonchev–Trinajstić information content (AvgIpc) is 2.56. The summed E-state index contributed by atoms with van der Waals surface area (Å²) < 4.78 is 0. The van der Waals surface area contributed by atoms with E-state index in [0.29, 0.717) is 0 Å². The minimum Gasteiger partial charge on any atom is -0.344 e. The lowest BCUT2D eigenvalue weighted by atomic mass is 10.1. The second-order valence-electron chi connectivity index (χ2n) is 5.71.